The number of carbonyl (C=O) groups excluding carboxylic acids is 8. The number of carboxylic acids is 6. The molecule has 0 bridgehead atoms. The zero-order chi connectivity index (χ0) is 78.3. The molecule has 2 aliphatic rings. The van der Waals surface area contributed by atoms with Crippen molar-refractivity contribution in [2.24, 2.45) is 56.2 Å². The Morgan fingerprint density at radius 2 is 0.480 bits per heavy atom. The molecule has 0 aromatic carbocycles. The molecule has 100 heavy (non-hydrogen) atoms. The first-order valence-electron chi connectivity index (χ1n) is 34.9. The van der Waals surface area contributed by atoms with Crippen molar-refractivity contribution in [3.8, 4) is 0 Å². The molecule has 580 valence electrons. The molecule has 4 atom stereocenters. The predicted octanol–water partition coefficient (Wildman–Crippen LogP) is 12.1. The van der Waals surface area contributed by atoms with Gasteiger partial charge in [0.1, 0.15) is 0 Å². The summed E-state index contributed by atoms with van der Waals surface area (Å²) in [5.41, 5.74) is -3.10. The second-order valence-electron chi connectivity index (χ2n) is 28.2. The second-order valence-corrected chi connectivity index (χ2v) is 28.2. The van der Waals surface area contributed by atoms with Crippen molar-refractivity contribution in [2.45, 2.75) is 266 Å². The first-order chi connectivity index (χ1) is 46.2. The van der Waals surface area contributed by atoms with Gasteiger partial charge in [-0.2, -0.15) is 0 Å². The monoisotopic (exact) mass is 1440 g/mol. The van der Waals surface area contributed by atoms with Gasteiger partial charge in [-0.1, -0.05) is 67.2 Å². The third-order valence-electron chi connectivity index (χ3n) is 17.6. The number of carboxylic acid groups (broad SMARTS) is 6. The summed E-state index contributed by atoms with van der Waals surface area (Å²) in [5.74, 6) is -10.8. The fourth-order valence-corrected chi connectivity index (χ4v) is 7.47. The average Bonchev–Trinajstić information content (AvgIpc) is 0.856. The lowest BCUT2D eigenvalue weighted by atomic mass is 9.79. The summed E-state index contributed by atoms with van der Waals surface area (Å²) in [7, 11) is 0. The standard InChI is InChI=1S/2C17H28O6.2C13H22O6.2C6H12O2/c2*1-4-17(2,3)16(21)23-11-7-10-22-15(20)13-9-6-5-8-12(13)14(18)19;2*1-4-13(2,3)12(17)19-9-5-8-18-11(16)7-6-10(14)15;2*1-4-6(2,3)5(7)8/h2*12-13H,4-11H2,1-3H3,(H,18,19);2*4-9H2,1-3H3,(H,14,15);2*4H2,1-3H3,(H,7,8). The molecule has 0 spiro atoms. The minimum Gasteiger partial charge on any atom is -0.481 e. The van der Waals surface area contributed by atoms with Crippen LogP contribution in [0.1, 0.15) is 266 Å². The summed E-state index contributed by atoms with van der Waals surface area (Å²) in [6, 6.07) is 0. The Bertz CT molecular complexity index is 2350. The Labute approximate surface area is 592 Å². The first kappa shape index (κ1) is 99.0. The van der Waals surface area contributed by atoms with Crippen molar-refractivity contribution in [3.05, 3.63) is 0 Å². The topological polar surface area (TPSA) is 434 Å². The van der Waals surface area contributed by atoms with Crippen LogP contribution in [-0.2, 0) is 105 Å². The molecule has 0 heterocycles. The summed E-state index contributed by atoms with van der Waals surface area (Å²) in [6.45, 7) is 34.1. The number of hydrogen-bond donors (Lipinski definition) is 6. The molecule has 0 aliphatic heterocycles. The van der Waals surface area contributed by atoms with E-state index in [9.17, 15) is 67.1 Å². The molecule has 4 unspecified atom stereocenters. The Kier molecular flexibility index (Phi) is 51.1. The maximum absolute atomic E-state index is 12.0. The van der Waals surface area contributed by atoms with Gasteiger partial charge in [-0.25, -0.2) is 0 Å². The van der Waals surface area contributed by atoms with Crippen LogP contribution in [-0.4, -0.2) is 167 Å². The normalized spacial score (nSPS) is 15.9. The SMILES string of the molecule is CCC(C)(C)C(=O)O.CCC(C)(C)C(=O)O.CCC(C)(C)C(=O)OCCCOC(=O)C1CCCCC1C(=O)O.CCC(C)(C)C(=O)OCCCOC(=O)C1CCCCC1C(=O)O.CCC(C)(C)C(=O)OCCCOC(=O)CCC(=O)O.CCC(C)(C)C(=O)OCCCOC(=O)CCC(=O)O. The fourth-order valence-electron chi connectivity index (χ4n) is 7.47. The van der Waals surface area contributed by atoms with E-state index in [1.807, 2.05) is 69.2 Å². The zero-order valence-electron chi connectivity index (χ0n) is 63.2. The van der Waals surface area contributed by atoms with Crippen LogP contribution in [0.4, 0.5) is 0 Å². The number of esters is 8. The van der Waals surface area contributed by atoms with Crippen molar-refractivity contribution >= 4 is 83.6 Å². The van der Waals surface area contributed by atoms with Crippen LogP contribution < -0.4 is 0 Å². The zero-order valence-corrected chi connectivity index (χ0v) is 63.2. The van der Waals surface area contributed by atoms with Gasteiger partial charge in [0.2, 0.25) is 0 Å². The average molecular weight is 1440 g/mol. The number of ether oxygens (including phenoxy) is 8. The molecule has 0 saturated heterocycles. The quantitative estimate of drug-likeness (QED) is 0.0190. The van der Waals surface area contributed by atoms with Gasteiger partial charge in [0.15, 0.2) is 0 Å². The highest BCUT2D eigenvalue weighted by molar-refractivity contribution is 5.83. The van der Waals surface area contributed by atoms with Crippen LogP contribution in [0, 0.1) is 56.2 Å². The second kappa shape index (κ2) is 51.7. The molecule has 28 nitrogen and oxygen atoms in total. The lowest BCUT2D eigenvalue weighted by molar-refractivity contribution is -0.161. The van der Waals surface area contributed by atoms with Crippen LogP contribution in [0.15, 0.2) is 0 Å². The maximum Gasteiger partial charge on any atom is 0.311 e. The Hall–Kier alpha value is -7.42. The summed E-state index contributed by atoms with van der Waals surface area (Å²) in [4.78, 5) is 156. The van der Waals surface area contributed by atoms with E-state index in [4.69, 9.17) is 68.5 Å². The molecule has 2 rings (SSSR count). The van der Waals surface area contributed by atoms with E-state index >= 15 is 0 Å². The lowest BCUT2D eigenvalue weighted by Crippen LogP contribution is -2.34. The summed E-state index contributed by atoms with van der Waals surface area (Å²) in [5, 5.41) is 51.9. The van der Waals surface area contributed by atoms with Crippen molar-refractivity contribution in [1.29, 1.82) is 0 Å². The smallest absolute Gasteiger partial charge is 0.311 e. The van der Waals surface area contributed by atoms with Gasteiger partial charge < -0.3 is 68.5 Å². The largest absolute Gasteiger partial charge is 0.481 e. The van der Waals surface area contributed by atoms with Gasteiger partial charge in [-0.15, -0.1) is 0 Å². The van der Waals surface area contributed by atoms with Gasteiger partial charge in [0.25, 0.3) is 0 Å². The molecule has 2 saturated carbocycles. The molecule has 0 aromatic rings. The summed E-state index contributed by atoms with van der Waals surface area (Å²) < 4.78 is 40.3. The Morgan fingerprint density at radius 3 is 0.660 bits per heavy atom. The highest BCUT2D eigenvalue weighted by atomic mass is 16.6. The van der Waals surface area contributed by atoms with Crippen LogP contribution in [0.3, 0.4) is 0 Å². The van der Waals surface area contributed by atoms with Gasteiger partial charge in [-0.3, -0.25) is 67.1 Å². The van der Waals surface area contributed by atoms with Crippen molar-refractivity contribution in [1.82, 2.24) is 0 Å². The molecule has 0 amide bonds. The number of hydrogen-bond acceptors (Lipinski definition) is 22. The predicted molar refractivity (Wildman–Crippen MR) is 366 cm³/mol. The third-order valence-corrected chi connectivity index (χ3v) is 17.6. The third kappa shape index (κ3) is 45.4. The molecule has 6 N–H and O–H groups in total. The molecule has 2 aliphatic carbocycles. The van der Waals surface area contributed by atoms with E-state index in [0.29, 0.717) is 89.9 Å². The van der Waals surface area contributed by atoms with Gasteiger partial charge in [0, 0.05) is 25.7 Å². The van der Waals surface area contributed by atoms with E-state index in [1.165, 1.54) is 0 Å². The molecule has 0 radical (unpaired) electrons. The number of aliphatic carboxylic acids is 6. The molecular formula is C72H124O28. The van der Waals surface area contributed by atoms with Crippen molar-refractivity contribution in [2.75, 3.05) is 52.9 Å². The summed E-state index contributed by atoms with van der Waals surface area (Å²) in [6.07, 6.45) is 10.6. The first-order valence-corrected chi connectivity index (χ1v) is 34.9. The van der Waals surface area contributed by atoms with E-state index in [-0.39, 0.29) is 102 Å². The van der Waals surface area contributed by atoms with Crippen LogP contribution in [0.25, 0.3) is 0 Å². The molecule has 28 heteroatoms. The molecular weight excluding hydrogens is 1310 g/mol. The highest BCUT2D eigenvalue weighted by Crippen LogP contribution is 2.33. The van der Waals surface area contributed by atoms with E-state index < -0.39 is 116 Å². The Balaban J connectivity index is -0.000000573. The maximum atomic E-state index is 12.0. The number of carbonyl (C=O) groups is 14. The number of rotatable bonds is 38. The van der Waals surface area contributed by atoms with Crippen LogP contribution in [0.2, 0.25) is 0 Å². The van der Waals surface area contributed by atoms with E-state index in [1.54, 1.807) is 55.4 Å². The summed E-state index contributed by atoms with van der Waals surface area (Å²) >= 11 is 0. The van der Waals surface area contributed by atoms with Crippen molar-refractivity contribution in [3.63, 3.8) is 0 Å². The van der Waals surface area contributed by atoms with Gasteiger partial charge >= 0.3 is 83.6 Å². The van der Waals surface area contributed by atoms with Gasteiger partial charge in [-0.05, 0) is 147 Å². The van der Waals surface area contributed by atoms with Crippen LogP contribution in [0.5, 0.6) is 0 Å². The van der Waals surface area contributed by atoms with Gasteiger partial charge in [0.05, 0.1) is 135 Å². The molecule has 2 fully saturated rings. The van der Waals surface area contributed by atoms with E-state index in [2.05, 4.69) is 0 Å². The van der Waals surface area contributed by atoms with Crippen LogP contribution >= 0.6 is 0 Å². The lowest BCUT2D eigenvalue weighted by Gasteiger charge is -2.26. The molecule has 0 aromatic heterocycles. The Morgan fingerprint density at radius 1 is 0.280 bits per heavy atom. The minimum atomic E-state index is -1.03. The van der Waals surface area contributed by atoms with E-state index in [0.717, 1.165) is 25.7 Å². The van der Waals surface area contributed by atoms with Crippen molar-refractivity contribution < 1.29 is 136 Å². The fraction of sp³-hybridized carbons (Fsp3) is 0.806. The minimum absolute atomic E-state index is 0.123. The highest BCUT2D eigenvalue weighted by Gasteiger charge is 2.39.